The third-order valence-electron chi connectivity index (χ3n) is 3.13. The van der Waals surface area contributed by atoms with Crippen LogP contribution in [0, 0.1) is 0 Å². The number of hydrogen-bond acceptors (Lipinski definition) is 4. The van der Waals surface area contributed by atoms with Crippen LogP contribution in [-0.2, 0) is 6.42 Å². The summed E-state index contributed by atoms with van der Waals surface area (Å²) >= 11 is 0. The van der Waals surface area contributed by atoms with E-state index in [0.29, 0.717) is 5.69 Å². The van der Waals surface area contributed by atoms with E-state index in [1.807, 2.05) is 26.0 Å². The van der Waals surface area contributed by atoms with Crippen LogP contribution in [0.4, 0.5) is 5.69 Å². The van der Waals surface area contributed by atoms with Gasteiger partial charge in [0, 0.05) is 12.4 Å². The summed E-state index contributed by atoms with van der Waals surface area (Å²) in [6, 6.07) is 3.59. The number of aromatic amines is 1. The SMILES string of the molecule is CCCc1[nH]nc(C(=O)NC(C)c2cccnc2)c1N. The first-order valence-electron chi connectivity index (χ1n) is 6.67. The number of nitrogens with one attached hydrogen (secondary N) is 2. The van der Waals surface area contributed by atoms with E-state index in [0.717, 1.165) is 24.1 Å². The van der Waals surface area contributed by atoms with E-state index >= 15 is 0 Å². The maximum Gasteiger partial charge on any atom is 0.274 e. The fraction of sp³-hybridized carbons (Fsp3) is 0.357. The van der Waals surface area contributed by atoms with Gasteiger partial charge in [0.15, 0.2) is 5.69 Å². The lowest BCUT2D eigenvalue weighted by molar-refractivity contribution is 0.0935. The van der Waals surface area contributed by atoms with Crippen molar-refractivity contribution in [3.8, 4) is 0 Å². The number of aryl methyl sites for hydroxylation is 1. The van der Waals surface area contributed by atoms with Crippen molar-refractivity contribution in [3.05, 3.63) is 41.5 Å². The second kappa shape index (κ2) is 6.18. The number of pyridine rings is 1. The van der Waals surface area contributed by atoms with Crippen molar-refractivity contribution in [3.63, 3.8) is 0 Å². The maximum atomic E-state index is 12.2. The van der Waals surface area contributed by atoms with E-state index in [9.17, 15) is 4.79 Å². The van der Waals surface area contributed by atoms with Crippen LogP contribution < -0.4 is 11.1 Å². The summed E-state index contributed by atoms with van der Waals surface area (Å²) in [5, 5.41) is 9.69. The van der Waals surface area contributed by atoms with Gasteiger partial charge in [-0.3, -0.25) is 14.9 Å². The van der Waals surface area contributed by atoms with Gasteiger partial charge in [-0.05, 0) is 25.0 Å². The highest BCUT2D eigenvalue weighted by Gasteiger charge is 2.18. The summed E-state index contributed by atoms with van der Waals surface area (Å²) in [5.41, 5.74) is 8.37. The topological polar surface area (TPSA) is 96.7 Å². The Labute approximate surface area is 117 Å². The van der Waals surface area contributed by atoms with Crippen LogP contribution in [0.1, 0.15) is 48.1 Å². The lowest BCUT2D eigenvalue weighted by atomic mass is 10.1. The van der Waals surface area contributed by atoms with Crippen molar-refractivity contribution in [2.24, 2.45) is 0 Å². The average Bonchev–Trinajstić information content (AvgIpc) is 2.82. The van der Waals surface area contributed by atoms with Crippen LogP contribution in [0.3, 0.4) is 0 Å². The Bertz CT molecular complexity index is 579. The molecule has 1 amide bonds. The lowest BCUT2D eigenvalue weighted by Gasteiger charge is -2.13. The number of hydrogen-bond donors (Lipinski definition) is 3. The summed E-state index contributed by atoms with van der Waals surface area (Å²) in [5.74, 6) is -0.280. The second-order valence-electron chi connectivity index (χ2n) is 4.70. The number of carbonyl (C=O) groups is 1. The molecule has 0 aliphatic heterocycles. The van der Waals surface area contributed by atoms with Gasteiger partial charge in [0.2, 0.25) is 0 Å². The summed E-state index contributed by atoms with van der Waals surface area (Å²) in [6.45, 7) is 3.94. The maximum absolute atomic E-state index is 12.2. The van der Waals surface area contributed by atoms with Gasteiger partial charge in [-0.1, -0.05) is 19.4 Å². The van der Waals surface area contributed by atoms with Crippen molar-refractivity contribution < 1.29 is 4.79 Å². The zero-order valence-corrected chi connectivity index (χ0v) is 11.7. The van der Waals surface area contributed by atoms with E-state index in [1.54, 1.807) is 12.4 Å². The first-order chi connectivity index (χ1) is 9.63. The summed E-state index contributed by atoms with van der Waals surface area (Å²) in [4.78, 5) is 16.2. The Hall–Kier alpha value is -2.37. The Balaban J connectivity index is 2.09. The van der Waals surface area contributed by atoms with Gasteiger partial charge < -0.3 is 11.1 Å². The second-order valence-corrected chi connectivity index (χ2v) is 4.70. The minimum absolute atomic E-state index is 0.151. The molecule has 6 nitrogen and oxygen atoms in total. The molecule has 2 heterocycles. The number of rotatable bonds is 5. The number of H-pyrrole nitrogens is 1. The molecule has 0 radical (unpaired) electrons. The average molecular weight is 273 g/mol. The number of aromatic nitrogens is 3. The molecule has 2 aromatic heterocycles. The molecule has 0 aliphatic carbocycles. The molecule has 0 aromatic carbocycles. The molecule has 20 heavy (non-hydrogen) atoms. The van der Waals surface area contributed by atoms with E-state index < -0.39 is 0 Å². The Morgan fingerprint density at radius 1 is 1.55 bits per heavy atom. The lowest BCUT2D eigenvalue weighted by Crippen LogP contribution is -2.27. The predicted octanol–water partition coefficient (Wildman–Crippen LogP) is 1.83. The molecule has 4 N–H and O–H groups in total. The minimum atomic E-state index is -0.280. The Kier molecular flexibility index (Phi) is 4.34. The fourth-order valence-electron chi connectivity index (χ4n) is 1.98. The molecule has 106 valence electrons. The molecule has 0 aliphatic rings. The van der Waals surface area contributed by atoms with Gasteiger partial charge in [-0.15, -0.1) is 0 Å². The summed E-state index contributed by atoms with van der Waals surface area (Å²) < 4.78 is 0. The molecule has 0 saturated heterocycles. The largest absolute Gasteiger partial charge is 0.395 e. The predicted molar refractivity (Wildman–Crippen MR) is 77.1 cm³/mol. The van der Waals surface area contributed by atoms with E-state index in [4.69, 9.17) is 5.73 Å². The first kappa shape index (κ1) is 14.0. The zero-order chi connectivity index (χ0) is 14.5. The number of amides is 1. The molecule has 1 unspecified atom stereocenters. The van der Waals surface area contributed by atoms with Crippen molar-refractivity contribution in [1.82, 2.24) is 20.5 Å². The van der Waals surface area contributed by atoms with Crippen LogP contribution in [0.15, 0.2) is 24.5 Å². The molecular weight excluding hydrogens is 254 g/mol. The van der Waals surface area contributed by atoms with Crippen LogP contribution in [0.25, 0.3) is 0 Å². The molecule has 0 spiro atoms. The van der Waals surface area contributed by atoms with Crippen LogP contribution >= 0.6 is 0 Å². The van der Waals surface area contributed by atoms with Crippen LogP contribution in [0.5, 0.6) is 0 Å². The van der Waals surface area contributed by atoms with Crippen molar-refractivity contribution in [1.29, 1.82) is 0 Å². The standard InChI is InChI=1S/C14H19N5O/c1-3-5-11-12(15)13(19-18-11)14(20)17-9(2)10-6-4-7-16-8-10/h4,6-9H,3,5,15H2,1-2H3,(H,17,20)(H,18,19). The number of nitrogens with zero attached hydrogens (tertiary/aromatic N) is 2. The van der Waals surface area contributed by atoms with Crippen LogP contribution in [0.2, 0.25) is 0 Å². The smallest absolute Gasteiger partial charge is 0.274 e. The monoisotopic (exact) mass is 273 g/mol. The van der Waals surface area contributed by atoms with Gasteiger partial charge in [0.05, 0.1) is 17.4 Å². The van der Waals surface area contributed by atoms with Crippen molar-refractivity contribution in [2.75, 3.05) is 5.73 Å². The summed E-state index contributed by atoms with van der Waals surface area (Å²) in [7, 11) is 0. The number of carbonyl (C=O) groups excluding carboxylic acids is 1. The van der Waals surface area contributed by atoms with E-state index in [-0.39, 0.29) is 17.6 Å². The Morgan fingerprint density at radius 3 is 3.00 bits per heavy atom. The highest BCUT2D eigenvalue weighted by atomic mass is 16.2. The molecule has 2 aromatic rings. The number of nitrogen functional groups attached to an aromatic ring is 1. The minimum Gasteiger partial charge on any atom is -0.395 e. The highest BCUT2D eigenvalue weighted by Crippen LogP contribution is 2.17. The molecular formula is C14H19N5O. The number of anilines is 1. The summed E-state index contributed by atoms with van der Waals surface area (Å²) in [6.07, 6.45) is 5.14. The molecule has 6 heteroatoms. The molecule has 1 atom stereocenters. The quantitative estimate of drug-likeness (QED) is 0.774. The Morgan fingerprint density at radius 2 is 2.35 bits per heavy atom. The highest BCUT2D eigenvalue weighted by molar-refractivity contribution is 5.97. The van der Waals surface area contributed by atoms with Gasteiger partial charge in [0.1, 0.15) is 0 Å². The molecule has 0 fully saturated rings. The first-order valence-corrected chi connectivity index (χ1v) is 6.67. The molecule has 0 saturated carbocycles. The van der Waals surface area contributed by atoms with Crippen molar-refractivity contribution in [2.45, 2.75) is 32.7 Å². The zero-order valence-electron chi connectivity index (χ0n) is 11.7. The fourth-order valence-corrected chi connectivity index (χ4v) is 1.98. The third kappa shape index (κ3) is 2.96. The van der Waals surface area contributed by atoms with Gasteiger partial charge in [-0.2, -0.15) is 5.10 Å². The van der Waals surface area contributed by atoms with Gasteiger partial charge in [-0.25, -0.2) is 0 Å². The van der Waals surface area contributed by atoms with E-state index in [1.165, 1.54) is 0 Å². The molecule has 2 rings (SSSR count). The van der Waals surface area contributed by atoms with Crippen molar-refractivity contribution >= 4 is 11.6 Å². The van der Waals surface area contributed by atoms with Gasteiger partial charge >= 0.3 is 0 Å². The third-order valence-corrected chi connectivity index (χ3v) is 3.13. The van der Waals surface area contributed by atoms with Crippen LogP contribution in [-0.4, -0.2) is 21.1 Å². The number of nitrogens with two attached hydrogens (primary N) is 1. The van der Waals surface area contributed by atoms with Gasteiger partial charge in [0.25, 0.3) is 5.91 Å². The normalized spacial score (nSPS) is 12.1. The van der Waals surface area contributed by atoms with E-state index in [2.05, 4.69) is 20.5 Å². The molecule has 0 bridgehead atoms.